The van der Waals surface area contributed by atoms with Gasteiger partial charge in [-0.15, -0.1) is 0 Å². The van der Waals surface area contributed by atoms with Gasteiger partial charge in [0, 0.05) is 31.2 Å². The number of carbonyl (C=O) groups excluding carboxylic acids is 1. The number of hydrogen-bond acceptors (Lipinski definition) is 5. The Morgan fingerprint density at radius 1 is 1.50 bits per heavy atom. The molecule has 0 saturated carbocycles. The maximum Gasteiger partial charge on any atom is 0.410 e. The van der Waals surface area contributed by atoms with Gasteiger partial charge in [-0.2, -0.15) is 0 Å². The van der Waals surface area contributed by atoms with Gasteiger partial charge in [0.15, 0.2) is 0 Å². The minimum atomic E-state index is -0.431. The molecule has 2 fully saturated rings. The molecular formula is C16H25N3O3. The largest absolute Gasteiger partial charge is 0.444 e. The third kappa shape index (κ3) is 3.27. The number of fused-ring (bicyclic) bond motifs is 2. The zero-order valence-electron chi connectivity index (χ0n) is 13.5. The standard InChI is InChI=1S/C16H25N3O3/c1-16(2,3)22-15(20)19-13-4-5-14(19)11(8-13)9-17-10-12-6-7-21-18-12/h6-7,11,13-14,17H,4-5,8-10H2,1-3H3. The minimum absolute atomic E-state index is 0.154. The molecule has 0 spiro atoms. The lowest BCUT2D eigenvalue weighted by molar-refractivity contribution is 0.0205. The smallest absolute Gasteiger partial charge is 0.410 e. The van der Waals surface area contributed by atoms with E-state index in [1.54, 1.807) is 6.26 Å². The average molecular weight is 307 g/mol. The summed E-state index contributed by atoms with van der Waals surface area (Å²) in [5.74, 6) is 0.498. The first-order chi connectivity index (χ1) is 10.4. The lowest BCUT2D eigenvalue weighted by atomic mass is 9.89. The maximum absolute atomic E-state index is 12.4. The zero-order chi connectivity index (χ0) is 15.7. The highest BCUT2D eigenvalue weighted by atomic mass is 16.6. The molecule has 1 aromatic rings. The summed E-state index contributed by atoms with van der Waals surface area (Å²) in [6, 6.07) is 2.52. The predicted molar refractivity (Wildman–Crippen MR) is 81.2 cm³/mol. The summed E-state index contributed by atoms with van der Waals surface area (Å²) in [7, 11) is 0. The van der Waals surface area contributed by atoms with Crippen molar-refractivity contribution in [1.82, 2.24) is 15.4 Å². The van der Waals surface area contributed by atoms with Crippen molar-refractivity contribution in [3.8, 4) is 0 Å². The van der Waals surface area contributed by atoms with E-state index in [9.17, 15) is 4.79 Å². The molecule has 2 bridgehead atoms. The van der Waals surface area contributed by atoms with E-state index in [2.05, 4.69) is 10.5 Å². The Bertz CT molecular complexity index is 509. The molecule has 6 nitrogen and oxygen atoms in total. The van der Waals surface area contributed by atoms with Crippen LogP contribution >= 0.6 is 0 Å². The monoisotopic (exact) mass is 307 g/mol. The molecule has 2 saturated heterocycles. The Hall–Kier alpha value is -1.56. The van der Waals surface area contributed by atoms with Gasteiger partial charge in [0.05, 0.1) is 5.69 Å². The molecule has 2 aliphatic heterocycles. The van der Waals surface area contributed by atoms with Crippen molar-refractivity contribution < 1.29 is 14.1 Å². The van der Waals surface area contributed by atoms with Gasteiger partial charge in [-0.05, 0) is 46.0 Å². The number of amides is 1. The Morgan fingerprint density at radius 2 is 2.32 bits per heavy atom. The van der Waals surface area contributed by atoms with E-state index in [-0.39, 0.29) is 6.09 Å². The lowest BCUT2D eigenvalue weighted by Gasteiger charge is -2.28. The Labute approximate surface area is 131 Å². The topological polar surface area (TPSA) is 67.6 Å². The SMILES string of the molecule is CC(C)(C)OC(=O)N1C2CCC1C(CNCc1ccon1)C2. The fourth-order valence-corrected chi connectivity index (χ4v) is 3.65. The van der Waals surface area contributed by atoms with Crippen molar-refractivity contribution in [2.24, 2.45) is 5.92 Å². The molecule has 1 aromatic heterocycles. The minimum Gasteiger partial charge on any atom is -0.444 e. The molecule has 0 aliphatic carbocycles. The zero-order valence-corrected chi connectivity index (χ0v) is 13.5. The van der Waals surface area contributed by atoms with E-state index in [1.807, 2.05) is 31.7 Å². The number of nitrogens with one attached hydrogen (secondary N) is 1. The van der Waals surface area contributed by atoms with E-state index < -0.39 is 5.60 Å². The van der Waals surface area contributed by atoms with Crippen LogP contribution in [-0.2, 0) is 11.3 Å². The van der Waals surface area contributed by atoms with E-state index >= 15 is 0 Å². The molecule has 1 N–H and O–H groups in total. The first kappa shape index (κ1) is 15.3. The van der Waals surface area contributed by atoms with Crippen molar-refractivity contribution in [1.29, 1.82) is 0 Å². The Morgan fingerprint density at radius 3 is 3.00 bits per heavy atom. The van der Waals surface area contributed by atoms with Crippen LogP contribution in [0.1, 0.15) is 45.7 Å². The Balaban J connectivity index is 1.53. The van der Waals surface area contributed by atoms with E-state index in [4.69, 9.17) is 9.26 Å². The number of hydrogen-bond donors (Lipinski definition) is 1. The van der Waals surface area contributed by atoms with E-state index in [1.165, 1.54) is 0 Å². The van der Waals surface area contributed by atoms with E-state index in [0.717, 1.165) is 31.5 Å². The van der Waals surface area contributed by atoms with Gasteiger partial charge in [-0.3, -0.25) is 0 Å². The van der Waals surface area contributed by atoms with Crippen LogP contribution in [-0.4, -0.2) is 40.4 Å². The second-order valence-corrected chi connectivity index (χ2v) is 7.30. The van der Waals surface area contributed by atoms with Crippen LogP contribution in [0.4, 0.5) is 4.79 Å². The molecular weight excluding hydrogens is 282 g/mol. The fourth-order valence-electron chi connectivity index (χ4n) is 3.65. The van der Waals surface area contributed by atoms with Crippen LogP contribution in [0.25, 0.3) is 0 Å². The second kappa shape index (κ2) is 5.91. The van der Waals surface area contributed by atoms with Gasteiger partial charge in [0.25, 0.3) is 0 Å². The molecule has 0 radical (unpaired) electrons. The first-order valence-electron chi connectivity index (χ1n) is 8.05. The molecule has 0 aromatic carbocycles. The lowest BCUT2D eigenvalue weighted by Crippen LogP contribution is -2.41. The summed E-state index contributed by atoms with van der Waals surface area (Å²) >= 11 is 0. The molecule has 122 valence electrons. The molecule has 22 heavy (non-hydrogen) atoms. The van der Waals surface area contributed by atoms with Crippen molar-refractivity contribution in [2.75, 3.05) is 6.54 Å². The predicted octanol–water partition coefficient (Wildman–Crippen LogP) is 2.55. The summed E-state index contributed by atoms with van der Waals surface area (Å²) in [5, 5.41) is 7.31. The van der Waals surface area contributed by atoms with Crippen LogP contribution < -0.4 is 5.32 Å². The van der Waals surface area contributed by atoms with Crippen LogP contribution in [0.3, 0.4) is 0 Å². The number of ether oxygens (including phenoxy) is 1. The van der Waals surface area contributed by atoms with Gasteiger partial charge in [0.1, 0.15) is 11.9 Å². The summed E-state index contributed by atoms with van der Waals surface area (Å²) in [6.07, 6.45) is 4.68. The molecule has 3 rings (SSSR count). The van der Waals surface area contributed by atoms with Crippen molar-refractivity contribution in [3.05, 3.63) is 18.0 Å². The van der Waals surface area contributed by atoms with Crippen molar-refractivity contribution in [3.63, 3.8) is 0 Å². The van der Waals surface area contributed by atoms with Gasteiger partial charge in [-0.1, -0.05) is 5.16 Å². The fraction of sp³-hybridized carbons (Fsp3) is 0.750. The number of rotatable bonds is 4. The van der Waals surface area contributed by atoms with Crippen molar-refractivity contribution >= 4 is 6.09 Å². The third-order valence-corrected chi connectivity index (χ3v) is 4.47. The first-order valence-corrected chi connectivity index (χ1v) is 8.05. The van der Waals surface area contributed by atoms with Crippen LogP contribution in [0.2, 0.25) is 0 Å². The van der Waals surface area contributed by atoms with Crippen molar-refractivity contribution in [2.45, 2.75) is 64.3 Å². The molecule has 3 unspecified atom stereocenters. The molecule has 3 atom stereocenters. The third-order valence-electron chi connectivity index (χ3n) is 4.47. The summed E-state index contributed by atoms with van der Waals surface area (Å²) in [6.45, 7) is 7.35. The number of nitrogens with zero attached hydrogens (tertiary/aromatic N) is 2. The van der Waals surface area contributed by atoms with Gasteiger partial charge in [-0.25, -0.2) is 4.79 Å². The molecule has 2 aliphatic rings. The van der Waals surface area contributed by atoms with E-state index in [0.29, 0.717) is 24.5 Å². The number of aromatic nitrogens is 1. The summed E-state index contributed by atoms with van der Waals surface area (Å²) < 4.78 is 10.4. The maximum atomic E-state index is 12.4. The van der Waals surface area contributed by atoms with Gasteiger partial charge < -0.3 is 19.5 Å². The van der Waals surface area contributed by atoms with Gasteiger partial charge >= 0.3 is 6.09 Å². The van der Waals surface area contributed by atoms with Crippen LogP contribution in [0.15, 0.2) is 16.9 Å². The highest BCUT2D eigenvalue weighted by Gasteiger charge is 2.49. The van der Waals surface area contributed by atoms with Crippen LogP contribution in [0, 0.1) is 5.92 Å². The normalized spacial score (nSPS) is 27.4. The average Bonchev–Trinajstić information content (AvgIpc) is 3.11. The summed E-state index contributed by atoms with van der Waals surface area (Å²) in [5.41, 5.74) is 0.479. The molecule has 6 heteroatoms. The molecule has 1 amide bonds. The number of carbonyl (C=O) groups is 1. The van der Waals surface area contributed by atoms with Gasteiger partial charge in [0.2, 0.25) is 0 Å². The second-order valence-electron chi connectivity index (χ2n) is 7.30. The quantitative estimate of drug-likeness (QED) is 0.926. The Kier molecular flexibility index (Phi) is 4.12. The highest BCUT2D eigenvalue weighted by molar-refractivity contribution is 5.70. The molecule has 3 heterocycles. The highest BCUT2D eigenvalue weighted by Crippen LogP contribution is 2.42. The summed E-state index contributed by atoms with van der Waals surface area (Å²) in [4.78, 5) is 14.4. The van der Waals surface area contributed by atoms with Crippen LogP contribution in [0.5, 0.6) is 0 Å².